The third-order valence-corrected chi connectivity index (χ3v) is 9.91. The molecular weight excluding hydrogens is 576 g/mol. The van der Waals surface area contributed by atoms with E-state index < -0.39 is 29.1 Å². The van der Waals surface area contributed by atoms with E-state index >= 15 is 0 Å². The fraction of sp³-hybridized carbons (Fsp3) is 0.545. The molecule has 3 aliphatic heterocycles. The predicted molar refractivity (Wildman–Crippen MR) is 166 cm³/mol. The van der Waals surface area contributed by atoms with Gasteiger partial charge in [0.15, 0.2) is 0 Å². The van der Waals surface area contributed by atoms with Crippen LogP contribution in [0.3, 0.4) is 0 Å². The van der Waals surface area contributed by atoms with Crippen LogP contribution < -0.4 is 15.4 Å². The van der Waals surface area contributed by atoms with Crippen molar-refractivity contribution in [3.05, 3.63) is 48.5 Å². The zero-order valence-corrected chi connectivity index (χ0v) is 26.1. The molecule has 6 atom stereocenters. The average Bonchev–Trinajstić information content (AvgIpc) is 3.70. The van der Waals surface area contributed by atoms with Gasteiger partial charge in [0.25, 0.3) is 0 Å². The van der Waals surface area contributed by atoms with Crippen molar-refractivity contribution >= 4 is 34.4 Å². The highest BCUT2D eigenvalue weighted by molar-refractivity contribution is 6.02. The molecule has 3 unspecified atom stereocenters. The van der Waals surface area contributed by atoms with E-state index in [9.17, 15) is 19.5 Å². The Kier molecular flexibility index (Phi) is 8.53. The first-order chi connectivity index (χ1) is 21.7. The lowest BCUT2D eigenvalue weighted by Gasteiger charge is -2.36. The Balaban J connectivity index is 1.28. The summed E-state index contributed by atoms with van der Waals surface area (Å²) >= 11 is 0. The van der Waals surface area contributed by atoms with Gasteiger partial charge in [-0.25, -0.2) is 4.68 Å². The highest BCUT2D eigenvalue weighted by Gasteiger charge is 2.79. The summed E-state index contributed by atoms with van der Waals surface area (Å²) in [5.74, 6) is -1.83. The number of aromatic nitrogens is 3. The molecule has 1 aromatic heterocycles. The van der Waals surface area contributed by atoms with Crippen molar-refractivity contribution in [1.82, 2.24) is 25.2 Å². The van der Waals surface area contributed by atoms with Gasteiger partial charge in [-0.15, -0.1) is 5.10 Å². The molecule has 3 aromatic rings. The summed E-state index contributed by atoms with van der Waals surface area (Å²) in [6, 6.07) is 13.7. The molecule has 3 saturated heterocycles. The quantitative estimate of drug-likeness (QED) is 0.248. The number of fused-ring (bicyclic) bond motifs is 2. The molecule has 4 heterocycles. The number of carbonyl (C=O) groups excluding carboxylic acids is 3. The number of unbranched alkanes of at least 4 members (excludes halogenated alkanes) is 3. The highest BCUT2D eigenvalue weighted by atomic mass is 16.5. The lowest BCUT2D eigenvalue weighted by atomic mass is 9.62. The van der Waals surface area contributed by atoms with Gasteiger partial charge in [-0.2, -0.15) is 0 Å². The number of aliphatic hydroxyl groups excluding tert-OH is 1. The summed E-state index contributed by atoms with van der Waals surface area (Å²) in [4.78, 5) is 44.2. The number of hydrogen-bond acceptors (Lipinski definition) is 8. The van der Waals surface area contributed by atoms with Crippen LogP contribution in [0.25, 0.3) is 11.0 Å². The Morgan fingerprint density at radius 1 is 1.09 bits per heavy atom. The van der Waals surface area contributed by atoms with Crippen molar-refractivity contribution in [2.24, 2.45) is 17.8 Å². The number of para-hydroxylation sites is 1. The van der Waals surface area contributed by atoms with Gasteiger partial charge < -0.3 is 30.1 Å². The second-order valence-corrected chi connectivity index (χ2v) is 12.6. The Morgan fingerprint density at radius 2 is 1.84 bits per heavy atom. The van der Waals surface area contributed by atoms with Crippen molar-refractivity contribution in [2.75, 3.05) is 25.1 Å². The molecule has 3 amide bonds. The fourth-order valence-corrected chi connectivity index (χ4v) is 7.73. The molecule has 1 spiro atoms. The number of likely N-dealkylation sites (tertiary alicyclic amines) is 1. The van der Waals surface area contributed by atoms with E-state index in [0.29, 0.717) is 49.4 Å². The van der Waals surface area contributed by atoms with E-state index in [1.54, 1.807) is 33.8 Å². The zero-order valence-electron chi connectivity index (χ0n) is 26.1. The van der Waals surface area contributed by atoms with Crippen molar-refractivity contribution in [3.8, 4) is 5.75 Å². The zero-order chi connectivity index (χ0) is 31.8. The van der Waals surface area contributed by atoms with E-state index in [0.717, 1.165) is 18.4 Å². The van der Waals surface area contributed by atoms with Gasteiger partial charge in [0.2, 0.25) is 17.7 Å². The van der Waals surface area contributed by atoms with Crippen molar-refractivity contribution in [2.45, 2.75) is 76.8 Å². The molecule has 0 aliphatic carbocycles. The lowest BCUT2D eigenvalue weighted by molar-refractivity contribution is -0.146. The molecular formula is C33H42N6O6. The molecule has 2 bridgehead atoms. The smallest absolute Gasteiger partial charge is 0.247 e. The third-order valence-electron chi connectivity index (χ3n) is 9.91. The molecule has 3 aliphatic rings. The number of ether oxygens (including phenoxy) is 2. The number of nitrogens with zero attached hydrogens (tertiary/aromatic N) is 4. The average molecular weight is 619 g/mol. The second kappa shape index (κ2) is 12.4. The van der Waals surface area contributed by atoms with Gasteiger partial charge in [-0.05, 0) is 75.4 Å². The molecule has 0 radical (unpaired) electrons. The van der Waals surface area contributed by atoms with Crippen LogP contribution in [0.5, 0.6) is 5.75 Å². The van der Waals surface area contributed by atoms with Crippen LogP contribution in [0.15, 0.2) is 48.5 Å². The molecule has 240 valence electrons. The van der Waals surface area contributed by atoms with Crippen LogP contribution >= 0.6 is 0 Å². The van der Waals surface area contributed by atoms with E-state index in [2.05, 4.69) is 20.9 Å². The first-order valence-corrected chi connectivity index (χ1v) is 15.9. The summed E-state index contributed by atoms with van der Waals surface area (Å²) in [6.07, 6.45) is 3.46. The minimum atomic E-state index is -1.15. The maximum atomic E-state index is 14.3. The second-order valence-electron chi connectivity index (χ2n) is 12.6. The van der Waals surface area contributed by atoms with Gasteiger partial charge in [-0.1, -0.05) is 37.1 Å². The molecule has 3 fully saturated rings. The Bertz CT molecular complexity index is 1560. The standard InChI is InChI=1S/C33H42N6O6/c1-4-44-23-15-13-22(14-16-23)35-29(41)26-27-31(43)38(17-9-5-6-10-18-40)28(33(27)19-21(2)32(26,3)45-33)30(42)34-20-39-25-12-8-7-11-24(25)36-37-39/h7-8,11-16,21,26-28,40H,4-6,9-10,17-20H2,1-3H3,(H,34,42)(H,35,41)/t21?,26-,27+,28?,32+,33?/m1/s1. The molecule has 2 aromatic carbocycles. The molecule has 6 rings (SSSR count). The Hall–Kier alpha value is -4.03. The Morgan fingerprint density at radius 3 is 2.60 bits per heavy atom. The SMILES string of the molecule is CCOc1ccc(NC(=O)[C@H]2[C@H]3C(=O)N(CCCCCCO)C(C(=O)NCn4nnc5ccccc54)C34CC(C)[C@]2(C)O4)cc1. The van der Waals surface area contributed by atoms with Crippen molar-refractivity contribution < 1.29 is 29.0 Å². The largest absolute Gasteiger partial charge is 0.494 e. The summed E-state index contributed by atoms with van der Waals surface area (Å²) in [7, 11) is 0. The lowest BCUT2D eigenvalue weighted by Crippen LogP contribution is -2.56. The number of amides is 3. The first-order valence-electron chi connectivity index (χ1n) is 15.9. The molecule has 0 saturated carbocycles. The van der Waals surface area contributed by atoms with Crippen LogP contribution in [0.4, 0.5) is 5.69 Å². The molecule has 12 heteroatoms. The summed E-state index contributed by atoms with van der Waals surface area (Å²) < 4.78 is 14.0. The molecule has 45 heavy (non-hydrogen) atoms. The number of nitrogens with one attached hydrogen (secondary N) is 2. The molecule has 3 N–H and O–H groups in total. The number of benzene rings is 2. The molecule has 12 nitrogen and oxygen atoms in total. The highest BCUT2D eigenvalue weighted by Crippen LogP contribution is 2.65. The first kappa shape index (κ1) is 31.0. The van der Waals surface area contributed by atoms with Crippen molar-refractivity contribution in [1.29, 1.82) is 0 Å². The topological polar surface area (TPSA) is 148 Å². The predicted octanol–water partition coefficient (Wildman–Crippen LogP) is 3.11. The van der Waals surface area contributed by atoms with Crippen LogP contribution in [0.2, 0.25) is 0 Å². The number of hydrogen-bond donors (Lipinski definition) is 3. The minimum Gasteiger partial charge on any atom is -0.494 e. The van der Waals surface area contributed by atoms with Gasteiger partial charge in [0, 0.05) is 18.8 Å². The summed E-state index contributed by atoms with van der Waals surface area (Å²) in [5.41, 5.74) is 0.0149. The fourth-order valence-electron chi connectivity index (χ4n) is 7.73. The Labute approximate surface area is 262 Å². The number of anilines is 1. The monoisotopic (exact) mass is 618 g/mol. The number of carbonyl (C=O) groups is 3. The summed E-state index contributed by atoms with van der Waals surface area (Å²) in [6.45, 7) is 6.92. The summed E-state index contributed by atoms with van der Waals surface area (Å²) in [5, 5.41) is 23.6. The van der Waals surface area contributed by atoms with E-state index in [1.807, 2.05) is 45.0 Å². The number of rotatable bonds is 13. The van der Waals surface area contributed by atoms with Crippen LogP contribution in [0.1, 0.15) is 52.9 Å². The maximum Gasteiger partial charge on any atom is 0.247 e. The van der Waals surface area contributed by atoms with E-state index in [1.165, 1.54) is 0 Å². The maximum absolute atomic E-state index is 14.3. The minimum absolute atomic E-state index is 0.0725. The van der Waals surface area contributed by atoms with E-state index in [4.69, 9.17) is 9.47 Å². The number of aliphatic hydroxyl groups is 1. The van der Waals surface area contributed by atoms with Gasteiger partial charge in [0.1, 0.15) is 29.6 Å². The van der Waals surface area contributed by atoms with Gasteiger partial charge in [-0.3, -0.25) is 14.4 Å². The van der Waals surface area contributed by atoms with Gasteiger partial charge in [0.05, 0.1) is 29.6 Å². The van der Waals surface area contributed by atoms with Crippen LogP contribution in [0, 0.1) is 17.8 Å². The van der Waals surface area contributed by atoms with Crippen LogP contribution in [-0.2, 0) is 25.8 Å². The third kappa shape index (κ3) is 5.33. The van der Waals surface area contributed by atoms with Crippen molar-refractivity contribution in [3.63, 3.8) is 0 Å². The van der Waals surface area contributed by atoms with Gasteiger partial charge >= 0.3 is 0 Å². The van der Waals surface area contributed by atoms with E-state index in [-0.39, 0.29) is 36.9 Å². The normalized spacial score (nSPS) is 28.4. The van der Waals surface area contributed by atoms with Crippen LogP contribution in [-0.4, -0.2) is 79.7 Å².